The number of benzene rings is 2. The van der Waals surface area contributed by atoms with Crippen LogP contribution in [0.2, 0.25) is 0 Å². The van der Waals surface area contributed by atoms with Gasteiger partial charge in [0.2, 0.25) is 0 Å². The van der Waals surface area contributed by atoms with E-state index in [9.17, 15) is 4.79 Å². The van der Waals surface area contributed by atoms with E-state index in [2.05, 4.69) is 45.3 Å². The molecule has 2 amide bonds. The van der Waals surface area contributed by atoms with Crippen molar-refractivity contribution in [2.45, 2.75) is 44.6 Å². The molecule has 0 radical (unpaired) electrons. The van der Waals surface area contributed by atoms with Gasteiger partial charge in [0.1, 0.15) is 0 Å². The molecular formula is C23H28N4O. The van der Waals surface area contributed by atoms with Gasteiger partial charge in [-0.05, 0) is 55.2 Å². The minimum Gasteiger partial charge on any atom is -0.385 e. The molecular weight excluding hydrogens is 348 g/mol. The van der Waals surface area contributed by atoms with Crippen molar-refractivity contribution in [1.29, 1.82) is 0 Å². The number of para-hydroxylation sites is 1. The summed E-state index contributed by atoms with van der Waals surface area (Å²) in [5, 5.41) is 10.7. The molecule has 1 saturated carbocycles. The fourth-order valence-electron chi connectivity index (χ4n) is 3.95. The molecule has 146 valence electrons. The van der Waals surface area contributed by atoms with Gasteiger partial charge in [-0.1, -0.05) is 37.5 Å². The number of aromatic amines is 1. The van der Waals surface area contributed by atoms with Crippen molar-refractivity contribution in [3.05, 3.63) is 60.3 Å². The van der Waals surface area contributed by atoms with Crippen LogP contribution in [0, 0.1) is 0 Å². The lowest BCUT2D eigenvalue weighted by atomic mass is 9.96. The van der Waals surface area contributed by atoms with Crippen LogP contribution in [0.4, 0.5) is 16.2 Å². The second-order valence-electron chi connectivity index (χ2n) is 7.55. The van der Waals surface area contributed by atoms with Crippen LogP contribution in [-0.4, -0.2) is 23.6 Å². The number of amides is 2. The summed E-state index contributed by atoms with van der Waals surface area (Å²) in [6.07, 6.45) is 8.93. The van der Waals surface area contributed by atoms with Gasteiger partial charge in [0.05, 0.1) is 0 Å². The summed E-state index contributed by atoms with van der Waals surface area (Å²) < 4.78 is 0. The second kappa shape index (κ2) is 8.83. The fraction of sp³-hybridized carbons (Fsp3) is 0.348. The van der Waals surface area contributed by atoms with Gasteiger partial charge in [0.15, 0.2) is 0 Å². The standard InChI is InChI=1S/C23H28N4O/c28-23(26-19-6-2-1-3-7-19)27-20-12-10-18(11-13-20)24-15-14-17-16-25-22-9-5-4-8-21(17)22/h4-5,8-13,16,19,24-25H,1-3,6-7,14-15H2,(H2,26,27,28). The van der Waals surface area contributed by atoms with Crippen LogP contribution in [0.25, 0.3) is 10.9 Å². The van der Waals surface area contributed by atoms with Gasteiger partial charge in [0.25, 0.3) is 0 Å². The number of urea groups is 1. The Morgan fingerprint density at radius 3 is 2.54 bits per heavy atom. The first-order valence-corrected chi connectivity index (χ1v) is 10.2. The van der Waals surface area contributed by atoms with Crippen molar-refractivity contribution >= 4 is 28.3 Å². The number of nitrogens with one attached hydrogen (secondary N) is 4. The van der Waals surface area contributed by atoms with Crippen LogP contribution in [0.5, 0.6) is 0 Å². The Bertz CT molecular complexity index is 910. The Labute approximate surface area is 165 Å². The lowest BCUT2D eigenvalue weighted by Crippen LogP contribution is -2.38. The van der Waals surface area contributed by atoms with E-state index in [1.54, 1.807) is 0 Å². The average molecular weight is 377 g/mol. The van der Waals surface area contributed by atoms with E-state index in [0.717, 1.165) is 37.2 Å². The van der Waals surface area contributed by atoms with Crippen LogP contribution in [-0.2, 0) is 6.42 Å². The summed E-state index contributed by atoms with van der Waals surface area (Å²) >= 11 is 0. The zero-order valence-electron chi connectivity index (χ0n) is 16.1. The van der Waals surface area contributed by atoms with Gasteiger partial charge in [-0.3, -0.25) is 0 Å². The maximum Gasteiger partial charge on any atom is 0.319 e. The highest BCUT2D eigenvalue weighted by molar-refractivity contribution is 5.89. The SMILES string of the molecule is O=C(Nc1ccc(NCCc2c[nH]c3ccccc23)cc1)NC1CCCCC1. The highest BCUT2D eigenvalue weighted by Crippen LogP contribution is 2.20. The van der Waals surface area contributed by atoms with Gasteiger partial charge in [0, 0.05) is 41.1 Å². The number of aromatic nitrogens is 1. The largest absolute Gasteiger partial charge is 0.385 e. The number of hydrogen-bond donors (Lipinski definition) is 4. The summed E-state index contributed by atoms with van der Waals surface area (Å²) in [5.74, 6) is 0. The van der Waals surface area contributed by atoms with Gasteiger partial charge >= 0.3 is 6.03 Å². The number of fused-ring (bicyclic) bond motifs is 1. The quantitative estimate of drug-likeness (QED) is 0.473. The van der Waals surface area contributed by atoms with Crippen molar-refractivity contribution < 1.29 is 4.79 Å². The average Bonchev–Trinajstić information content (AvgIpc) is 3.13. The number of carbonyl (C=O) groups excluding carboxylic acids is 1. The van der Waals surface area contributed by atoms with E-state index in [1.165, 1.54) is 35.7 Å². The first-order chi connectivity index (χ1) is 13.8. The highest BCUT2D eigenvalue weighted by Gasteiger charge is 2.15. The van der Waals surface area contributed by atoms with Gasteiger partial charge in [-0.15, -0.1) is 0 Å². The van der Waals surface area contributed by atoms with E-state index in [4.69, 9.17) is 0 Å². The molecule has 1 aliphatic carbocycles. The van der Waals surface area contributed by atoms with Gasteiger partial charge in [-0.25, -0.2) is 4.79 Å². The number of hydrogen-bond acceptors (Lipinski definition) is 2. The molecule has 5 heteroatoms. The van der Waals surface area contributed by atoms with Crippen molar-refractivity contribution in [2.24, 2.45) is 0 Å². The molecule has 0 bridgehead atoms. The van der Waals surface area contributed by atoms with E-state index >= 15 is 0 Å². The lowest BCUT2D eigenvalue weighted by Gasteiger charge is -2.22. The molecule has 2 aromatic carbocycles. The summed E-state index contributed by atoms with van der Waals surface area (Å²) in [6.45, 7) is 0.858. The number of H-pyrrole nitrogens is 1. The maximum atomic E-state index is 12.1. The first kappa shape index (κ1) is 18.4. The molecule has 4 N–H and O–H groups in total. The highest BCUT2D eigenvalue weighted by atomic mass is 16.2. The molecule has 0 saturated heterocycles. The third-order valence-electron chi connectivity index (χ3n) is 5.48. The third kappa shape index (κ3) is 4.66. The van der Waals surface area contributed by atoms with Crippen LogP contribution in [0.3, 0.4) is 0 Å². The Kier molecular flexibility index (Phi) is 5.80. The molecule has 4 rings (SSSR count). The van der Waals surface area contributed by atoms with Crippen LogP contribution < -0.4 is 16.0 Å². The molecule has 5 nitrogen and oxygen atoms in total. The fourth-order valence-corrected chi connectivity index (χ4v) is 3.95. The molecule has 28 heavy (non-hydrogen) atoms. The van der Waals surface area contributed by atoms with E-state index in [-0.39, 0.29) is 6.03 Å². The molecule has 1 fully saturated rings. The monoisotopic (exact) mass is 376 g/mol. The van der Waals surface area contributed by atoms with Crippen molar-refractivity contribution in [1.82, 2.24) is 10.3 Å². The zero-order valence-corrected chi connectivity index (χ0v) is 16.1. The van der Waals surface area contributed by atoms with Crippen molar-refractivity contribution in [2.75, 3.05) is 17.2 Å². The maximum absolute atomic E-state index is 12.1. The van der Waals surface area contributed by atoms with Crippen LogP contribution >= 0.6 is 0 Å². The number of carbonyl (C=O) groups is 1. The molecule has 1 aliphatic rings. The van der Waals surface area contributed by atoms with Crippen molar-refractivity contribution in [3.63, 3.8) is 0 Å². The third-order valence-corrected chi connectivity index (χ3v) is 5.48. The molecule has 0 spiro atoms. The Morgan fingerprint density at radius 2 is 1.71 bits per heavy atom. The Morgan fingerprint density at radius 1 is 0.964 bits per heavy atom. The molecule has 0 unspecified atom stereocenters. The normalized spacial score (nSPS) is 14.7. The van der Waals surface area contributed by atoms with Crippen LogP contribution in [0.1, 0.15) is 37.7 Å². The molecule has 0 atom stereocenters. The zero-order chi connectivity index (χ0) is 19.2. The predicted molar refractivity (Wildman–Crippen MR) is 116 cm³/mol. The Hall–Kier alpha value is -2.95. The van der Waals surface area contributed by atoms with Crippen LogP contribution in [0.15, 0.2) is 54.7 Å². The van der Waals surface area contributed by atoms with E-state index in [1.807, 2.05) is 30.3 Å². The molecule has 1 heterocycles. The summed E-state index contributed by atoms with van der Waals surface area (Å²) in [7, 11) is 0. The minimum atomic E-state index is -0.105. The minimum absolute atomic E-state index is 0.105. The molecule has 0 aliphatic heterocycles. The molecule has 1 aromatic heterocycles. The summed E-state index contributed by atoms with van der Waals surface area (Å²) in [4.78, 5) is 15.5. The number of anilines is 2. The summed E-state index contributed by atoms with van der Waals surface area (Å²) in [6, 6.07) is 16.5. The predicted octanol–water partition coefficient (Wildman–Crippen LogP) is 5.28. The molecule has 3 aromatic rings. The van der Waals surface area contributed by atoms with Gasteiger partial charge < -0.3 is 20.9 Å². The van der Waals surface area contributed by atoms with Gasteiger partial charge in [-0.2, -0.15) is 0 Å². The lowest BCUT2D eigenvalue weighted by molar-refractivity contribution is 0.244. The first-order valence-electron chi connectivity index (χ1n) is 10.2. The topological polar surface area (TPSA) is 69.0 Å². The summed E-state index contributed by atoms with van der Waals surface area (Å²) in [5.41, 5.74) is 4.37. The smallest absolute Gasteiger partial charge is 0.319 e. The van der Waals surface area contributed by atoms with Crippen molar-refractivity contribution in [3.8, 4) is 0 Å². The second-order valence-corrected chi connectivity index (χ2v) is 7.55. The number of rotatable bonds is 6. The Balaban J connectivity index is 1.24. The van der Waals surface area contributed by atoms with E-state index < -0.39 is 0 Å². The van der Waals surface area contributed by atoms with E-state index in [0.29, 0.717) is 6.04 Å².